The molecule has 2 heterocycles. The van der Waals surface area contributed by atoms with Crippen LogP contribution < -0.4 is 5.32 Å². The normalized spacial score (nSPS) is 38.9. The first-order chi connectivity index (χ1) is 7.81. The third-order valence-corrected chi connectivity index (χ3v) is 4.24. The van der Waals surface area contributed by atoms with Gasteiger partial charge in [0.15, 0.2) is 0 Å². The minimum absolute atomic E-state index is 0.121. The van der Waals surface area contributed by atoms with Crippen molar-refractivity contribution in [1.82, 2.24) is 5.32 Å². The molecule has 1 saturated heterocycles. The number of fused-ring (bicyclic) bond motifs is 1. The number of carbonyl (C=O) groups is 1. The van der Waals surface area contributed by atoms with Gasteiger partial charge in [-0.2, -0.15) is 0 Å². The van der Waals surface area contributed by atoms with E-state index in [2.05, 4.69) is 5.32 Å². The first-order valence-electron chi connectivity index (χ1n) is 6.49. The fourth-order valence-electron chi connectivity index (χ4n) is 3.46. The van der Waals surface area contributed by atoms with Gasteiger partial charge in [0.25, 0.3) is 0 Å². The maximum absolute atomic E-state index is 11.5. The van der Waals surface area contributed by atoms with Crippen molar-refractivity contribution in [2.24, 2.45) is 0 Å². The van der Waals surface area contributed by atoms with Crippen LogP contribution >= 0.6 is 0 Å². The fraction of sp³-hybridized carbons (Fsp3) is 0.769. The summed E-state index contributed by atoms with van der Waals surface area (Å²) in [7, 11) is 0. The molecule has 0 spiro atoms. The van der Waals surface area contributed by atoms with Crippen LogP contribution in [0.3, 0.4) is 0 Å². The van der Waals surface area contributed by atoms with Crippen LogP contribution in [0.25, 0.3) is 0 Å². The molecule has 3 rings (SSSR count). The second kappa shape index (κ2) is 3.88. The van der Waals surface area contributed by atoms with Gasteiger partial charge in [-0.3, -0.25) is 0 Å². The number of rotatable bonds is 1. The molecule has 0 bridgehead atoms. The van der Waals surface area contributed by atoms with Crippen LogP contribution in [0.5, 0.6) is 0 Å². The number of esters is 1. The van der Waals surface area contributed by atoms with Crippen molar-refractivity contribution in [2.75, 3.05) is 6.54 Å². The third-order valence-electron chi connectivity index (χ3n) is 4.24. The first-order valence-corrected chi connectivity index (χ1v) is 6.49. The molecule has 1 aliphatic carbocycles. The highest BCUT2D eigenvalue weighted by molar-refractivity contribution is 5.87. The van der Waals surface area contributed by atoms with Crippen LogP contribution in [-0.2, 0) is 9.53 Å². The lowest BCUT2D eigenvalue weighted by Crippen LogP contribution is -2.55. The number of hydrogen-bond acceptors (Lipinski definition) is 3. The van der Waals surface area contributed by atoms with E-state index in [-0.39, 0.29) is 11.6 Å². The Labute approximate surface area is 96.2 Å². The fourth-order valence-corrected chi connectivity index (χ4v) is 3.46. The highest BCUT2D eigenvalue weighted by Crippen LogP contribution is 2.44. The lowest BCUT2D eigenvalue weighted by Gasteiger charge is -2.43. The standard InChI is InChI=1S/C13H19NO2/c15-12-9-10-5-1-3-7-13(10,16-12)11-6-2-4-8-14-11/h9,11,14H,1-8H2. The van der Waals surface area contributed by atoms with Crippen LogP contribution in [0, 0.1) is 0 Å². The smallest absolute Gasteiger partial charge is 0.331 e. The van der Waals surface area contributed by atoms with Crippen molar-refractivity contribution in [3.8, 4) is 0 Å². The number of ether oxygens (including phenoxy) is 1. The van der Waals surface area contributed by atoms with Crippen molar-refractivity contribution >= 4 is 5.97 Å². The van der Waals surface area contributed by atoms with E-state index in [0.717, 1.165) is 25.8 Å². The van der Waals surface area contributed by atoms with E-state index in [1.54, 1.807) is 6.08 Å². The van der Waals surface area contributed by atoms with Gasteiger partial charge >= 0.3 is 5.97 Å². The molecule has 0 aromatic carbocycles. The van der Waals surface area contributed by atoms with Gasteiger partial charge in [-0.1, -0.05) is 6.42 Å². The Hall–Kier alpha value is -0.830. The average molecular weight is 221 g/mol. The molecule has 0 aromatic heterocycles. The minimum Gasteiger partial charge on any atom is -0.450 e. The molecule has 3 aliphatic rings. The van der Waals surface area contributed by atoms with Crippen LogP contribution in [0.4, 0.5) is 0 Å². The molecule has 0 aromatic rings. The number of carbonyl (C=O) groups excluding carboxylic acids is 1. The maximum Gasteiger partial charge on any atom is 0.331 e. The summed E-state index contributed by atoms with van der Waals surface area (Å²) in [6.07, 6.45) is 9.84. The molecular weight excluding hydrogens is 202 g/mol. The van der Waals surface area contributed by atoms with E-state index in [1.165, 1.54) is 31.3 Å². The zero-order valence-corrected chi connectivity index (χ0v) is 9.63. The molecule has 16 heavy (non-hydrogen) atoms. The van der Waals surface area contributed by atoms with Gasteiger partial charge in [0.1, 0.15) is 5.60 Å². The van der Waals surface area contributed by atoms with Crippen LogP contribution in [0.15, 0.2) is 11.6 Å². The largest absolute Gasteiger partial charge is 0.450 e. The lowest BCUT2D eigenvalue weighted by molar-refractivity contribution is -0.150. The topological polar surface area (TPSA) is 38.3 Å². The van der Waals surface area contributed by atoms with Crippen molar-refractivity contribution in [1.29, 1.82) is 0 Å². The summed E-state index contributed by atoms with van der Waals surface area (Å²) in [6.45, 7) is 1.07. The van der Waals surface area contributed by atoms with Crippen molar-refractivity contribution < 1.29 is 9.53 Å². The number of nitrogens with one attached hydrogen (secondary N) is 1. The Morgan fingerprint density at radius 3 is 3.06 bits per heavy atom. The Bertz CT molecular complexity index is 331. The van der Waals surface area contributed by atoms with Gasteiger partial charge < -0.3 is 10.1 Å². The highest BCUT2D eigenvalue weighted by Gasteiger charge is 2.50. The molecule has 2 aliphatic heterocycles. The molecule has 3 nitrogen and oxygen atoms in total. The Morgan fingerprint density at radius 1 is 1.31 bits per heavy atom. The van der Waals surface area contributed by atoms with Crippen LogP contribution in [-0.4, -0.2) is 24.2 Å². The molecule has 1 N–H and O–H groups in total. The predicted octanol–water partition coefficient (Wildman–Crippen LogP) is 1.92. The number of hydrogen-bond donors (Lipinski definition) is 1. The van der Waals surface area contributed by atoms with Crippen molar-refractivity contribution in [3.63, 3.8) is 0 Å². The Morgan fingerprint density at radius 2 is 2.25 bits per heavy atom. The van der Waals surface area contributed by atoms with E-state index in [1.807, 2.05) is 0 Å². The van der Waals surface area contributed by atoms with Gasteiger partial charge in [-0.05, 0) is 50.6 Å². The molecule has 2 fully saturated rings. The zero-order chi connectivity index (χ0) is 11.0. The molecule has 0 amide bonds. The molecular formula is C13H19NO2. The van der Waals surface area contributed by atoms with E-state index in [4.69, 9.17) is 4.74 Å². The Kier molecular flexibility index (Phi) is 2.51. The average Bonchev–Trinajstić information content (AvgIpc) is 2.67. The predicted molar refractivity (Wildman–Crippen MR) is 61.0 cm³/mol. The minimum atomic E-state index is -0.268. The number of piperidine rings is 1. The summed E-state index contributed by atoms with van der Waals surface area (Å²) in [5.41, 5.74) is 0.985. The van der Waals surface area contributed by atoms with Gasteiger partial charge in [-0.25, -0.2) is 4.79 Å². The van der Waals surface area contributed by atoms with E-state index in [9.17, 15) is 4.79 Å². The molecule has 88 valence electrons. The third kappa shape index (κ3) is 1.49. The molecule has 0 radical (unpaired) electrons. The second-order valence-corrected chi connectivity index (χ2v) is 5.19. The quantitative estimate of drug-likeness (QED) is 0.687. The highest BCUT2D eigenvalue weighted by atomic mass is 16.6. The summed E-state index contributed by atoms with van der Waals surface area (Å²) in [5, 5.41) is 3.55. The summed E-state index contributed by atoms with van der Waals surface area (Å²) in [5.74, 6) is -0.121. The van der Waals surface area contributed by atoms with Gasteiger partial charge in [0, 0.05) is 6.08 Å². The van der Waals surface area contributed by atoms with E-state index in [0.29, 0.717) is 6.04 Å². The second-order valence-electron chi connectivity index (χ2n) is 5.19. The van der Waals surface area contributed by atoms with Gasteiger partial charge in [-0.15, -0.1) is 0 Å². The zero-order valence-electron chi connectivity index (χ0n) is 9.63. The van der Waals surface area contributed by atoms with E-state index >= 15 is 0 Å². The summed E-state index contributed by atoms with van der Waals surface area (Å²) < 4.78 is 5.70. The van der Waals surface area contributed by atoms with E-state index < -0.39 is 0 Å². The van der Waals surface area contributed by atoms with Crippen LogP contribution in [0.2, 0.25) is 0 Å². The van der Waals surface area contributed by atoms with Crippen molar-refractivity contribution in [2.45, 2.75) is 56.6 Å². The maximum atomic E-state index is 11.5. The summed E-state index contributed by atoms with van der Waals surface area (Å²) >= 11 is 0. The molecule has 3 heteroatoms. The van der Waals surface area contributed by atoms with Crippen molar-refractivity contribution in [3.05, 3.63) is 11.6 Å². The molecule has 1 saturated carbocycles. The molecule has 2 unspecified atom stereocenters. The monoisotopic (exact) mass is 221 g/mol. The van der Waals surface area contributed by atoms with Crippen LogP contribution in [0.1, 0.15) is 44.9 Å². The first kappa shape index (κ1) is 10.3. The molecule has 2 atom stereocenters. The summed E-state index contributed by atoms with van der Waals surface area (Å²) in [4.78, 5) is 11.5. The SMILES string of the molecule is O=C1C=C2CCCCC2(C2CCCCN2)O1. The lowest BCUT2D eigenvalue weighted by atomic mass is 9.74. The van der Waals surface area contributed by atoms with Gasteiger partial charge in [0.05, 0.1) is 6.04 Å². The van der Waals surface area contributed by atoms with Gasteiger partial charge in [0.2, 0.25) is 0 Å². The summed E-state index contributed by atoms with van der Waals surface area (Å²) in [6, 6.07) is 0.360. The Balaban J connectivity index is 1.88.